The van der Waals surface area contributed by atoms with Crippen LogP contribution < -0.4 is 4.90 Å². The van der Waals surface area contributed by atoms with Crippen LogP contribution in [0.4, 0.5) is 5.82 Å². The van der Waals surface area contributed by atoms with E-state index in [1.807, 2.05) is 29.1 Å². The van der Waals surface area contributed by atoms with E-state index < -0.39 is 0 Å². The fourth-order valence-corrected chi connectivity index (χ4v) is 3.71. The molecular formula is C19H21N7O. The molecule has 0 bridgehead atoms. The van der Waals surface area contributed by atoms with Crippen molar-refractivity contribution in [3.8, 4) is 0 Å². The Hall–Kier alpha value is -3.00. The number of nitrogens with zero attached hydrogens (tertiary/aromatic N) is 7. The molecule has 1 aliphatic rings. The van der Waals surface area contributed by atoms with E-state index in [4.69, 9.17) is 4.52 Å². The number of rotatable bonds is 4. The van der Waals surface area contributed by atoms with Gasteiger partial charge in [-0.3, -0.25) is 4.90 Å². The first-order valence-corrected chi connectivity index (χ1v) is 9.30. The Morgan fingerprint density at radius 1 is 1.04 bits per heavy atom. The summed E-state index contributed by atoms with van der Waals surface area (Å²) in [7, 11) is 0. The van der Waals surface area contributed by atoms with Crippen LogP contribution in [0.15, 0.2) is 41.4 Å². The third-order valence-electron chi connectivity index (χ3n) is 5.22. The third kappa shape index (κ3) is 2.82. The van der Waals surface area contributed by atoms with Crippen molar-refractivity contribution >= 4 is 28.0 Å². The summed E-state index contributed by atoms with van der Waals surface area (Å²) in [6.07, 6.45) is 3.48. The number of imidazole rings is 1. The van der Waals surface area contributed by atoms with Gasteiger partial charge in [0.15, 0.2) is 22.6 Å². The molecule has 8 heteroatoms. The Labute approximate surface area is 156 Å². The van der Waals surface area contributed by atoms with Gasteiger partial charge in [0.2, 0.25) is 0 Å². The Morgan fingerprint density at radius 2 is 1.89 bits per heavy atom. The van der Waals surface area contributed by atoms with E-state index in [1.54, 1.807) is 6.33 Å². The summed E-state index contributed by atoms with van der Waals surface area (Å²) < 4.78 is 7.48. The van der Waals surface area contributed by atoms with Gasteiger partial charge in [0.25, 0.3) is 0 Å². The number of anilines is 1. The molecule has 1 saturated heterocycles. The second kappa shape index (κ2) is 6.62. The lowest BCUT2D eigenvalue weighted by Gasteiger charge is -2.34. The van der Waals surface area contributed by atoms with Crippen molar-refractivity contribution in [1.82, 2.24) is 29.6 Å². The number of piperazine rings is 1. The van der Waals surface area contributed by atoms with Crippen LogP contribution in [0.2, 0.25) is 0 Å². The van der Waals surface area contributed by atoms with E-state index in [0.717, 1.165) is 72.9 Å². The highest BCUT2D eigenvalue weighted by Crippen LogP contribution is 2.24. The van der Waals surface area contributed by atoms with Crippen molar-refractivity contribution in [2.45, 2.75) is 20.0 Å². The van der Waals surface area contributed by atoms with Crippen LogP contribution in [0, 0.1) is 0 Å². The molecule has 5 rings (SSSR count). The van der Waals surface area contributed by atoms with Crippen LogP contribution in [0.1, 0.15) is 12.6 Å². The smallest absolute Gasteiger partial charge is 0.167 e. The number of hydrogen-bond acceptors (Lipinski definition) is 7. The fourth-order valence-electron chi connectivity index (χ4n) is 3.71. The van der Waals surface area contributed by atoms with E-state index in [2.05, 4.69) is 42.9 Å². The SMILES string of the molecule is CCn1cnc2c(N3CCN(Cc4noc5ccccc45)CC3)ncnc21. The first-order valence-electron chi connectivity index (χ1n) is 9.30. The molecule has 1 aliphatic heterocycles. The zero-order valence-electron chi connectivity index (χ0n) is 15.2. The topological polar surface area (TPSA) is 76.1 Å². The van der Waals surface area contributed by atoms with Crippen LogP contribution >= 0.6 is 0 Å². The summed E-state index contributed by atoms with van der Waals surface area (Å²) in [6, 6.07) is 8.02. The minimum absolute atomic E-state index is 0.800. The van der Waals surface area contributed by atoms with E-state index in [0.29, 0.717) is 0 Å². The number of para-hydroxylation sites is 1. The number of aryl methyl sites for hydroxylation is 1. The molecule has 0 amide bonds. The Kier molecular flexibility index (Phi) is 3.97. The summed E-state index contributed by atoms with van der Waals surface area (Å²) in [5, 5.41) is 5.36. The van der Waals surface area contributed by atoms with Crippen LogP contribution in [-0.4, -0.2) is 55.8 Å². The van der Waals surface area contributed by atoms with Gasteiger partial charge < -0.3 is 14.0 Å². The summed E-state index contributed by atoms with van der Waals surface area (Å²) in [5.74, 6) is 0.929. The highest BCUT2D eigenvalue weighted by molar-refractivity contribution is 5.83. The van der Waals surface area contributed by atoms with Crippen LogP contribution in [-0.2, 0) is 13.1 Å². The van der Waals surface area contributed by atoms with Crippen molar-refractivity contribution < 1.29 is 4.52 Å². The molecule has 4 heterocycles. The van der Waals surface area contributed by atoms with Gasteiger partial charge in [0.1, 0.15) is 12.0 Å². The first kappa shape index (κ1) is 16.2. The van der Waals surface area contributed by atoms with Crippen LogP contribution in [0.5, 0.6) is 0 Å². The van der Waals surface area contributed by atoms with Crippen molar-refractivity contribution in [3.63, 3.8) is 0 Å². The van der Waals surface area contributed by atoms with Gasteiger partial charge >= 0.3 is 0 Å². The van der Waals surface area contributed by atoms with Crippen molar-refractivity contribution in [2.75, 3.05) is 31.1 Å². The minimum Gasteiger partial charge on any atom is -0.356 e. The van der Waals surface area contributed by atoms with Crippen molar-refractivity contribution in [3.05, 3.63) is 42.6 Å². The van der Waals surface area contributed by atoms with Gasteiger partial charge in [-0.25, -0.2) is 15.0 Å². The van der Waals surface area contributed by atoms with E-state index in [9.17, 15) is 0 Å². The number of hydrogen-bond donors (Lipinski definition) is 0. The maximum atomic E-state index is 5.43. The molecule has 4 aromatic rings. The molecule has 3 aromatic heterocycles. The predicted octanol–water partition coefficient (Wildman–Crippen LogP) is 2.31. The molecule has 0 radical (unpaired) electrons. The maximum absolute atomic E-state index is 5.43. The second-order valence-corrected chi connectivity index (χ2v) is 6.79. The number of benzene rings is 1. The Balaban J connectivity index is 1.31. The molecular weight excluding hydrogens is 342 g/mol. The molecule has 0 unspecified atom stereocenters. The molecule has 0 atom stereocenters. The zero-order chi connectivity index (χ0) is 18.2. The lowest BCUT2D eigenvalue weighted by atomic mass is 10.2. The van der Waals surface area contributed by atoms with Crippen LogP contribution in [0.3, 0.4) is 0 Å². The number of aromatic nitrogens is 5. The van der Waals surface area contributed by atoms with E-state index >= 15 is 0 Å². The summed E-state index contributed by atoms with van der Waals surface area (Å²) >= 11 is 0. The quantitative estimate of drug-likeness (QED) is 0.551. The zero-order valence-corrected chi connectivity index (χ0v) is 15.2. The molecule has 8 nitrogen and oxygen atoms in total. The molecule has 27 heavy (non-hydrogen) atoms. The van der Waals surface area contributed by atoms with Gasteiger partial charge in [-0.1, -0.05) is 17.3 Å². The Bertz CT molecular complexity index is 1080. The molecule has 0 saturated carbocycles. The molecule has 0 spiro atoms. The van der Waals surface area contributed by atoms with Gasteiger partial charge in [0.05, 0.1) is 6.33 Å². The summed E-state index contributed by atoms with van der Waals surface area (Å²) in [6.45, 7) is 7.44. The first-order chi connectivity index (χ1) is 13.3. The molecule has 1 aromatic carbocycles. The van der Waals surface area contributed by atoms with Gasteiger partial charge in [-0.15, -0.1) is 0 Å². The van der Waals surface area contributed by atoms with Crippen LogP contribution in [0.25, 0.3) is 22.1 Å². The van der Waals surface area contributed by atoms with E-state index in [-0.39, 0.29) is 0 Å². The fraction of sp³-hybridized carbons (Fsp3) is 0.368. The monoisotopic (exact) mass is 363 g/mol. The normalized spacial score (nSPS) is 15.8. The number of fused-ring (bicyclic) bond motifs is 2. The van der Waals surface area contributed by atoms with Crippen molar-refractivity contribution in [1.29, 1.82) is 0 Å². The van der Waals surface area contributed by atoms with E-state index in [1.165, 1.54) is 0 Å². The largest absolute Gasteiger partial charge is 0.356 e. The third-order valence-corrected chi connectivity index (χ3v) is 5.22. The Morgan fingerprint density at radius 3 is 2.74 bits per heavy atom. The highest BCUT2D eigenvalue weighted by Gasteiger charge is 2.22. The highest BCUT2D eigenvalue weighted by atomic mass is 16.5. The maximum Gasteiger partial charge on any atom is 0.167 e. The van der Waals surface area contributed by atoms with Gasteiger partial charge in [0, 0.05) is 44.7 Å². The lowest BCUT2D eigenvalue weighted by molar-refractivity contribution is 0.243. The molecule has 0 aliphatic carbocycles. The predicted molar refractivity (Wildman–Crippen MR) is 102 cm³/mol. The molecule has 0 N–H and O–H groups in total. The average molecular weight is 363 g/mol. The average Bonchev–Trinajstić information content (AvgIpc) is 3.33. The minimum atomic E-state index is 0.800. The molecule has 1 fully saturated rings. The lowest BCUT2D eigenvalue weighted by Crippen LogP contribution is -2.46. The summed E-state index contributed by atoms with van der Waals surface area (Å²) in [4.78, 5) is 18.2. The van der Waals surface area contributed by atoms with Gasteiger partial charge in [-0.2, -0.15) is 0 Å². The molecule has 138 valence electrons. The van der Waals surface area contributed by atoms with Gasteiger partial charge in [-0.05, 0) is 19.1 Å². The summed E-state index contributed by atoms with van der Waals surface area (Å²) in [5.41, 5.74) is 3.64. The second-order valence-electron chi connectivity index (χ2n) is 6.79. The van der Waals surface area contributed by atoms with Crippen molar-refractivity contribution in [2.24, 2.45) is 0 Å². The standard InChI is InChI=1S/C19H21N7O/c1-2-25-13-22-17-18(25)20-12-21-19(17)26-9-7-24(8-10-26)11-15-14-5-3-4-6-16(14)27-23-15/h3-6,12-13H,2,7-11H2,1H3.